The van der Waals surface area contributed by atoms with E-state index in [-0.39, 0.29) is 5.78 Å². The summed E-state index contributed by atoms with van der Waals surface area (Å²) >= 11 is 0. The smallest absolute Gasteiger partial charge is 0.228 e. The largest absolute Gasteiger partial charge is 0.452 e. The molecular weight excluding hydrogens is 248 g/mol. The quantitative estimate of drug-likeness (QED) is 0.650. The molecule has 0 amide bonds. The average Bonchev–Trinajstić information content (AvgIpc) is 2.84. The first kappa shape index (κ1) is 12.7. The fourth-order valence-electron chi connectivity index (χ4n) is 2.41. The summed E-state index contributed by atoms with van der Waals surface area (Å²) < 4.78 is 5.72. The number of fused-ring (bicyclic) bond motifs is 1. The number of para-hydroxylation sites is 1. The highest BCUT2D eigenvalue weighted by molar-refractivity contribution is 6.10. The highest BCUT2D eigenvalue weighted by atomic mass is 16.3. The number of furan rings is 1. The van der Waals surface area contributed by atoms with Crippen molar-refractivity contribution in [1.82, 2.24) is 0 Å². The molecular formula is C18H16O2. The van der Waals surface area contributed by atoms with Gasteiger partial charge in [0.15, 0.2) is 5.76 Å². The van der Waals surface area contributed by atoms with Gasteiger partial charge in [-0.2, -0.15) is 0 Å². The molecule has 0 saturated carbocycles. The van der Waals surface area contributed by atoms with Gasteiger partial charge < -0.3 is 4.42 Å². The minimum absolute atomic E-state index is 0.0543. The SMILES string of the molecule is CCc1ccc(C(=O)c2oc3ccccc3c2C)cc1. The lowest BCUT2D eigenvalue weighted by Crippen LogP contribution is -2.01. The molecule has 2 nitrogen and oxygen atoms in total. The van der Waals surface area contributed by atoms with Gasteiger partial charge >= 0.3 is 0 Å². The molecule has 0 aliphatic rings. The zero-order valence-electron chi connectivity index (χ0n) is 11.6. The minimum Gasteiger partial charge on any atom is -0.452 e. The van der Waals surface area contributed by atoms with Gasteiger partial charge in [-0.25, -0.2) is 0 Å². The Balaban J connectivity index is 2.05. The summed E-state index contributed by atoms with van der Waals surface area (Å²) in [5, 5.41) is 1.00. The summed E-state index contributed by atoms with van der Waals surface area (Å²) in [5.41, 5.74) is 3.57. The van der Waals surface area contributed by atoms with Gasteiger partial charge in [-0.05, 0) is 25.0 Å². The van der Waals surface area contributed by atoms with Crippen molar-refractivity contribution in [3.05, 3.63) is 71.0 Å². The average molecular weight is 264 g/mol. The van der Waals surface area contributed by atoms with Crippen LogP contribution >= 0.6 is 0 Å². The number of hydrogen-bond donors (Lipinski definition) is 0. The van der Waals surface area contributed by atoms with Gasteiger partial charge in [0.1, 0.15) is 5.58 Å². The second-order valence-electron chi connectivity index (χ2n) is 4.93. The zero-order chi connectivity index (χ0) is 14.1. The summed E-state index contributed by atoms with van der Waals surface area (Å²) in [5.74, 6) is 0.386. The second-order valence-corrected chi connectivity index (χ2v) is 4.93. The molecule has 0 aliphatic carbocycles. The van der Waals surface area contributed by atoms with E-state index >= 15 is 0 Å². The first-order valence-corrected chi connectivity index (χ1v) is 6.82. The predicted molar refractivity (Wildman–Crippen MR) is 80.2 cm³/mol. The molecule has 100 valence electrons. The van der Waals surface area contributed by atoms with E-state index in [0.29, 0.717) is 11.3 Å². The highest BCUT2D eigenvalue weighted by Crippen LogP contribution is 2.26. The Morgan fingerprint density at radius 2 is 1.75 bits per heavy atom. The van der Waals surface area contributed by atoms with Gasteiger partial charge in [0, 0.05) is 16.5 Å². The second kappa shape index (κ2) is 4.97. The molecule has 0 spiro atoms. The van der Waals surface area contributed by atoms with E-state index in [1.807, 2.05) is 55.5 Å². The van der Waals surface area contributed by atoms with Gasteiger partial charge in [-0.1, -0.05) is 49.4 Å². The molecule has 0 bridgehead atoms. The summed E-state index contributed by atoms with van der Waals surface area (Å²) in [4.78, 5) is 12.5. The molecule has 0 aliphatic heterocycles. The van der Waals surface area contributed by atoms with E-state index in [1.54, 1.807) is 0 Å². The summed E-state index contributed by atoms with van der Waals surface area (Å²) in [7, 11) is 0. The summed E-state index contributed by atoms with van der Waals surface area (Å²) in [6, 6.07) is 15.5. The van der Waals surface area contributed by atoms with Crippen LogP contribution in [0.15, 0.2) is 52.9 Å². The molecule has 2 aromatic carbocycles. The number of ketones is 1. The van der Waals surface area contributed by atoms with Crippen LogP contribution in [0, 0.1) is 6.92 Å². The van der Waals surface area contributed by atoms with E-state index in [1.165, 1.54) is 5.56 Å². The molecule has 3 rings (SSSR count). The molecule has 0 radical (unpaired) electrons. The van der Waals surface area contributed by atoms with Crippen molar-refractivity contribution in [3.63, 3.8) is 0 Å². The van der Waals surface area contributed by atoms with Crippen LogP contribution in [0.2, 0.25) is 0 Å². The Morgan fingerprint density at radius 3 is 2.40 bits per heavy atom. The fraction of sp³-hybridized carbons (Fsp3) is 0.167. The van der Waals surface area contributed by atoms with Crippen LogP contribution in [0.5, 0.6) is 0 Å². The molecule has 3 aromatic rings. The third kappa shape index (κ3) is 2.03. The van der Waals surface area contributed by atoms with Crippen LogP contribution in [0.25, 0.3) is 11.0 Å². The maximum Gasteiger partial charge on any atom is 0.228 e. The monoisotopic (exact) mass is 264 g/mol. The van der Waals surface area contributed by atoms with E-state index < -0.39 is 0 Å². The van der Waals surface area contributed by atoms with Crippen LogP contribution in [-0.2, 0) is 6.42 Å². The maximum atomic E-state index is 12.5. The van der Waals surface area contributed by atoms with Gasteiger partial charge in [-0.3, -0.25) is 4.79 Å². The third-order valence-corrected chi connectivity index (χ3v) is 3.67. The van der Waals surface area contributed by atoms with Crippen molar-refractivity contribution in [2.45, 2.75) is 20.3 Å². The van der Waals surface area contributed by atoms with E-state index in [9.17, 15) is 4.79 Å². The fourth-order valence-corrected chi connectivity index (χ4v) is 2.41. The molecule has 1 aromatic heterocycles. The first-order chi connectivity index (χ1) is 9.70. The zero-order valence-corrected chi connectivity index (χ0v) is 11.6. The van der Waals surface area contributed by atoms with Gasteiger partial charge in [0.05, 0.1) is 0 Å². The molecule has 20 heavy (non-hydrogen) atoms. The first-order valence-electron chi connectivity index (χ1n) is 6.82. The van der Waals surface area contributed by atoms with Crippen LogP contribution in [-0.4, -0.2) is 5.78 Å². The Labute approximate surface area is 118 Å². The number of hydrogen-bond acceptors (Lipinski definition) is 2. The van der Waals surface area contributed by atoms with Crippen LogP contribution < -0.4 is 0 Å². The normalized spacial score (nSPS) is 10.9. The van der Waals surface area contributed by atoms with Crippen LogP contribution in [0.3, 0.4) is 0 Å². The minimum atomic E-state index is -0.0543. The molecule has 0 atom stereocenters. The maximum absolute atomic E-state index is 12.5. The van der Waals surface area contributed by atoms with Gasteiger partial charge in [0.2, 0.25) is 5.78 Å². The van der Waals surface area contributed by atoms with E-state index in [2.05, 4.69) is 6.92 Å². The Morgan fingerprint density at radius 1 is 1.05 bits per heavy atom. The topological polar surface area (TPSA) is 30.2 Å². The standard InChI is InChI=1S/C18H16O2/c1-3-13-8-10-14(11-9-13)17(19)18-12(2)15-6-4-5-7-16(15)20-18/h4-11H,3H2,1-2H3. The van der Waals surface area contributed by atoms with Crippen molar-refractivity contribution in [2.75, 3.05) is 0 Å². The summed E-state index contributed by atoms with van der Waals surface area (Å²) in [6.07, 6.45) is 0.970. The van der Waals surface area contributed by atoms with Crippen molar-refractivity contribution >= 4 is 16.8 Å². The molecule has 1 heterocycles. The van der Waals surface area contributed by atoms with Crippen molar-refractivity contribution in [1.29, 1.82) is 0 Å². The molecule has 0 N–H and O–H groups in total. The van der Waals surface area contributed by atoms with E-state index in [0.717, 1.165) is 23.0 Å². The number of carbonyl (C=O) groups is 1. The highest BCUT2D eigenvalue weighted by Gasteiger charge is 2.18. The van der Waals surface area contributed by atoms with Crippen LogP contribution in [0.4, 0.5) is 0 Å². The number of aryl methyl sites for hydroxylation is 2. The third-order valence-electron chi connectivity index (χ3n) is 3.67. The molecule has 2 heteroatoms. The Hall–Kier alpha value is -2.35. The van der Waals surface area contributed by atoms with Crippen LogP contribution in [0.1, 0.15) is 34.2 Å². The Bertz CT molecular complexity index is 764. The van der Waals surface area contributed by atoms with Crippen molar-refractivity contribution in [3.8, 4) is 0 Å². The van der Waals surface area contributed by atoms with Gasteiger partial charge in [-0.15, -0.1) is 0 Å². The summed E-state index contributed by atoms with van der Waals surface area (Å²) in [6.45, 7) is 4.03. The number of benzene rings is 2. The lowest BCUT2D eigenvalue weighted by Gasteiger charge is -2.01. The molecule has 0 unspecified atom stereocenters. The molecule has 0 fully saturated rings. The lowest BCUT2D eigenvalue weighted by molar-refractivity contribution is 0.101. The van der Waals surface area contributed by atoms with Gasteiger partial charge in [0.25, 0.3) is 0 Å². The van der Waals surface area contributed by atoms with E-state index in [4.69, 9.17) is 4.42 Å². The Kier molecular flexibility index (Phi) is 3.15. The number of carbonyl (C=O) groups excluding carboxylic acids is 1. The lowest BCUT2D eigenvalue weighted by atomic mass is 10.0. The van der Waals surface area contributed by atoms with Crippen molar-refractivity contribution < 1.29 is 9.21 Å². The van der Waals surface area contributed by atoms with Crippen molar-refractivity contribution in [2.24, 2.45) is 0 Å². The molecule has 0 saturated heterocycles. The predicted octanol–water partition coefficient (Wildman–Crippen LogP) is 4.53. The number of rotatable bonds is 3.